The zero-order chi connectivity index (χ0) is 17.3. The number of rotatable bonds is 6. The van der Waals surface area contributed by atoms with E-state index in [4.69, 9.17) is 4.74 Å². The molecular formula is C19H32N2O3. The van der Waals surface area contributed by atoms with Gasteiger partial charge in [-0.25, -0.2) is 0 Å². The van der Waals surface area contributed by atoms with Gasteiger partial charge >= 0.3 is 0 Å². The lowest BCUT2D eigenvalue weighted by Crippen LogP contribution is -2.53. The van der Waals surface area contributed by atoms with Gasteiger partial charge in [0.15, 0.2) is 0 Å². The summed E-state index contributed by atoms with van der Waals surface area (Å²) in [5, 5.41) is 6.36. The molecule has 0 atom stereocenters. The minimum Gasteiger partial charge on any atom is -0.381 e. The van der Waals surface area contributed by atoms with E-state index in [2.05, 4.69) is 24.5 Å². The Hall–Kier alpha value is -1.10. The Balaban J connectivity index is 1.55. The fraction of sp³-hybridized carbons (Fsp3) is 0.895. The van der Waals surface area contributed by atoms with Crippen molar-refractivity contribution >= 4 is 11.8 Å². The number of hydrogen-bond acceptors (Lipinski definition) is 3. The maximum Gasteiger partial charge on any atom is 0.225 e. The van der Waals surface area contributed by atoms with E-state index >= 15 is 0 Å². The van der Waals surface area contributed by atoms with Gasteiger partial charge in [0, 0.05) is 42.5 Å². The third kappa shape index (κ3) is 3.46. The highest BCUT2D eigenvalue weighted by atomic mass is 16.5. The average molecular weight is 336 g/mol. The molecule has 5 heteroatoms. The summed E-state index contributed by atoms with van der Waals surface area (Å²) in [7, 11) is 0. The first-order chi connectivity index (χ1) is 11.4. The van der Waals surface area contributed by atoms with E-state index in [0.717, 1.165) is 51.4 Å². The summed E-state index contributed by atoms with van der Waals surface area (Å²) in [5.74, 6) is 0.355. The molecule has 0 radical (unpaired) electrons. The second kappa shape index (κ2) is 6.66. The smallest absolute Gasteiger partial charge is 0.225 e. The molecule has 2 amide bonds. The molecule has 0 aromatic rings. The molecule has 2 N–H and O–H groups in total. The Morgan fingerprint density at radius 1 is 0.792 bits per heavy atom. The molecule has 2 saturated carbocycles. The normalized spacial score (nSPS) is 26.6. The predicted octanol–water partition coefficient (Wildman–Crippen LogP) is 2.40. The van der Waals surface area contributed by atoms with E-state index in [1.165, 1.54) is 0 Å². The number of carbonyl (C=O) groups is 2. The van der Waals surface area contributed by atoms with Crippen LogP contribution in [0, 0.1) is 16.2 Å². The summed E-state index contributed by atoms with van der Waals surface area (Å²) in [4.78, 5) is 24.9. The highest BCUT2D eigenvalue weighted by Crippen LogP contribution is 2.42. The van der Waals surface area contributed by atoms with E-state index in [9.17, 15) is 9.59 Å². The lowest BCUT2D eigenvalue weighted by molar-refractivity contribution is -0.136. The molecule has 3 rings (SSSR count). The zero-order valence-electron chi connectivity index (χ0n) is 15.2. The summed E-state index contributed by atoms with van der Waals surface area (Å²) in [5.41, 5.74) is -0.409. The van der Waals surface area contributed by atoms with Gasteiger partial charge in [-0.1, -0.05) is 26.7 Å². The summed E-state index contributed by atoms with van der Waals surface area (Å²) in [6.45, 7) is 6.81. The van der Waals surface area contributed by atoms with Crippen molar-refractivity contribution < 1.29 is 14.3 Å². The summed E-state index contributed by atoms with van der Waals surface area (Å²) in [6, 6.07) is 0. The minimum absolute atomic E-state index is 0.0657. The predicted molar refractivity (Wildman–Crippen MR) is 92.4 cm³/mol. The zero-order valence-corrected chi connectivity index (χ0v) is 15.2. The molecule has 0 bridgehead atoms. The maximum absolute atomic E-state index is 12.5. The van der Waals surface area contributed by atoms with Gasteiger partial charge in [-0.15, -0.1) is 0 Å². The van der Waals surface area contributed by atoms with E-state index in [1.807, 2.05) is 0 Å². The van der Waals surface area contributed by atoms with Gasteiger partial charge in [0.05, 0.1) is 0 Å². The second-order valence-electron chi connectivity index (χ2n) is 8.81. The van der Waals surface area contributed by atoms with Gasteiger partial charge in [-0.3, -0.25) is 9.59 Å². The van der Waals surface area contributed by atoms with Gasteiger partial charge < -0.3 is 15.4 Å². The Kier molecular flexibility index (Phi) is 4.92. The van der Waals surface area contributed by atoms with Crippen molar-refractivity contribution in [3.63, 3.8) is 0 Å². The van der Waals surface area contributed by atoms with Crippen molar-refractivity contribution in [1.82, 2.24) is 10.6 Å². The molecule has 1 aliphatic heterocycles. The van der Waals surface area contributed by atoms with E-state index < -0.39 is 0 Å². The van der Waals surface area contributed by atoms with Crippen molar-refractivity contribution in [1.29, 1.82) is 0 Å². The van der Waals surface area contributed by atoms with E-state index in [-0.39, 0.29) is 28.1 Å². The number of ether oxygens (including phenoxy) is 1. The number of nitrogens with one attached hydrogen (secondary N) is 2. The van der Waals surface area contributed by atoms with Gasteiger partial charge in [0.2, 0.25) is 11.8 Å². The van der Waals surface area contributed by atoms with Gasteiger partial charge in [-0.2, -0.15) is 0 Å². The van der Waals surface area contributed by atoms with Crippen LogP contribution in [-0.2, 0) is 14.3 Å². The average Bonchev–Trinajstić information content (AvgIpc) is 2.54. The van der Waals surface area contributed by atoms with Crippen LogP contribution in [0.3, 0.4) is 0 Å². The molecule has 24 heavy (non-hydrogen) atoms. The molecule has 3 fully saturated rings. The molecule has 2 aliphatic carbocycles. The fourth-order valence-electron chi connectivity index (χ4n) is 4.05. The molecule has 1 saturated heterocycles. The molecular weight excluding hydrogens is 304 g/mol. The SMILES string of the molecule is CC1(C(=O)NCC2(CNC(=O)C3(C)CCC3)CCOCC2)CCC1. The molecule has 1 heterocycles. The summed E-state index contributed by atoms with van der Waals surface area (Å²) in [6.07, 6.45) is 8.04. The van der Waals surface area contributed by atoms with Crippen LogP contribution in [0.2, 0.25) is 0 Å². The molecule has 0 aromatic heterocycles. The van der Waals surface area contributed by atoms with Crippen LogP contribution in [0.4, 0.5) is 0 Å². The Morgan fingerprint density at radius 2 is 1.21 bits per heavy atom. The molecule has 0 unspecified atom stereocenters. The maximum atomic E-state index is 12.5. The molecule has 5 nitrogen and oxygen atoms in total. The number of hydrogen-bond donors (Lipinski definition) is 2. The van der Waals surface area contributed by atoms with E-state index in [0.29, 0.717) is 26.3 Å². The minimum atomic E-state index is -0.172. The van der Waals surface area contributed by atoms with Crippen LogP contribution < -0.4 is 10.6 Å². The third-order valence-electron chi connectivity index (χ3n) is 6.81. The van der Waals surface area contributed by atoms with E-state index in [1.54, 1.807) is 0 Å². The van der Waals surface area contributed by atoms with Crippen molar-refractivity contribution in [3.8, 4) is 0 Å². The van der Waals surface area contributed by atoms with Crippen LogP contribution in [-0.4, -0.2) is 38.1 Å². The first-order valence-electron chi connectivity index (χ1n) is 9.52. The van der Waals surface area contributed by atoms with Crippen molar-refractivity contribution in [2.24, 2.45) is 16.2 Å². The van der Waals surface area contributed by atoms with Crippen LogP contribution in [0.25, 0.3) is 0 Å². The standard InChI is InChI=1S/C19H32N2O3/c1-17(5-3-6-17)15(22)20-13-19(9-11-24-12-10-19)14-21-16(23)18(2)7-4-8-18/h3-14H2,1-2H3,(H,20,22)(H,21,23). The summed E-state index contributed by atoms with van der Waals surface area (Å²) >= 11 is 0. The Morgan fingerprint density at radius 3 is 1.54 bits per heavy atom. The van der Waals surface area contributed by atoms with Gasteiger partial charge in [0.25, 0.3) is 0 Å². The highest BCUT2D eigenvalue weighted by Gasteiger charge is 2.43. The monoisotopic (exact) mass is 336 g/mol. The Labute approximate surface area is 145 Å². The topological polar surface area (TPSA) is 67.4 Å². The lowest BCUT2D eigenvalue weighted by Gasteiger charge is -2.42. The van der Waals surface area contributed by atoms with Gasteiger partial charge in [0.1, 0.15) is 0 Å². The molecule has 0 aromatic carbocycles. The van der Waals surface area contributed by atoms with Crippen LogP contribution in [0.1, 0.15) is 65.2 Å². The quantitative estimate of drug-likeness (QED) is 0.783. The van der Waals surface area contributed by atoms with Crippen LogP contribution >= 0.6 is 0 Å². The Bertz CT molecular complexity index is 451. The van der Waals surface area contributed by atoms with Gasteiger partial charge in [-0.05, 0) is 38.5 Å². The number of carbonyl (C=O) groups excluding carboxylic acids is 2. The van der Waals surface area contributed by atoms with Crippen LogP contribution in [0.15, 0.2) is 0 Å². The fourth-order valence-corrected chi connectivity index (χ4v) is 4.05. The first kappa shape index (κ1) is 17.7. The summed E-state index contributed by atoms with van der Waals surface area (Å²) < 4.78 is 5.51. The second-order valence-corrected chi connectivity index (χ2v) is 8.81. The molecule has 0 spiro atoms. The molecule has 3 aliphatic rings. The van der Waals surface area contributed by atoms with Crippen molar-refractivity contribution in [2.45, 2.75) is 65.2 Å². The van der Waals surface area contributed by atoms with Crippen molar-refractivity contribution in [3.05, 3.63) is 0 Å². The lowest BCUT2D eigenvalue weighted by atomic mass is 9.69. The molecule has 136 valence electrons. The third-order valence-corrected chi connectivity index (χ3v) is 6.81. The largest absolute Gasteiger partial charge is 0.381 e. The number of amides is 2. The first-order valence-corrected chi connectivity index (χ1v) is 9.52. The van der Waals surface area contributed by atoms with Crippen molar-refractivity contribution in [2.75, 3.05) is 26.3 Å². The highest BCUT2D eigenvalue weighted by molar-refractivity contribution is 5.83. The van der Waals surface area contributed by atoms with Crippen LogP contribution in [0.5, 0.6) is 0 Å².